The van der Waals surface area contributed by atoms with E-state index in [1.54, 1.807) is 0 Å². The Hall–Kier alpha value is -5.49. The number of aromatic nitrogens is 3. The van der Waals surface area contributed by atoms with Crippen LogP contribution in [0.5, 0.6) is 0 Å². The molecule has 214 valence electrons. The van der Waals surface area contributed by atoms with E-state index in [9.17, 15) is 0 Å². The maximum atomic E-state index is 5.16. The molecule has 11 aromatic rings. The van der Waals surface area contributed by atoms with Crippen molar-refractivity contribution in [2.45, 2.75) is 0 Å². The van der Waals surface area contributed by atoms with Gasteiger partial charge in [0.05, 0.1) is 36.3 Å². The van der Waals surface area contributed by atoms with Crippen molar-refractivity contribution in [1.29, 1.82) is 0 Å². The number of rotatable bonds is 2. The number of benzene rings is 6. The molecule has 5 aromatic heterocycles. The third kappa shape index (κ3) is 3.23. The molecular formula is C41H23N3S2. The maximum absolute atomic E-state index is 5.16. The summed E-state index contributed by atoms with van der Waals surface area (Å²) in [4.78, 5) is 5.16. The zero-order valence-corrected chi connectivity index (χ0v) is 26.1. The Morgan fingerprint density at radius 1 is 0.500 bits per heavy atom. The van der Waals surface area contributed by atoms with Crippen LogP contribution < -0.4 is 0 Å². The van der Waals surface area contributed by atoms with Gasteiger partial charge in [-0.05, 0) is 65.0 Å². The van der Waals surface area contributed by atoms with Gasteiger partial charge in [-0.2, -0.15) is 0 Å². The van der Waals surface area contributed by atoms with E-state index < -0.39 is 0 Å². The number of fused-ring (bicyclic) bond motifs is 15. The summed E-state index contributed by atoms with van der Waals surface area (Å²) in [6.45, 7) is 0. The van der Waals surface area contributed by atoms with Gasteiger partial charge in [0.1, 0.15) is 5.65 Å². The number of imidazole rings is 1. The second-order valence-electron chi connectivity index (χ2n) is 12.0. The molecule has 0 aliphatic carbocycles. The van der Waals surface area contributed by atoms with Crippen LogP contribution in [0, 0.1) is 0 Å². The van der Waals surface area contributed by atoms with Crippen LogP contribution in [0.4, 0.5) is 0 Å². The lowest BCUT2D eigenvalue weighted by atomic mass is 10.0. The first-order valence-corrected chi connectivity index (χ1v) is 17.1. The summed E-state index contributed by atoms with van der Waals surface area (Å²) in [6.07, 6.45) is 0. The van der Waals surface area contributed by atoms with Gasteiger partial charge in [-0.1, -0.05) is 91.0 Å². The van der Waals surface area contributed by atoms with Crippen molar-refractivity contribution in [2.75, 3.05) is 0 Å². The predicted molar refractivity (Wildman–Crippen MR) is 198 cm³/mol. The average molecular weight is 622 g/mol. The van der Waals surface area contributed by atoms with Gasteiger partial charge in [0, 0.05) is 37.3 Å². The van der Waals surface area contributed by atoms with E-state index in [2.05, 4.69) is 148 Å². The fourth-order valence-electron chi connectivity index (χ4n) is 7.52. The molecule has 0 fully saturated rings. The molecule has 5 heterocycles. The Balaban J connectivity index is 1.19. The SMILES string of the molecule is c1ccc(-n2c3ccccc3c3sc4sc5ccc(-c6ccc7nc8c9ccccc9c9ccccc9n8c7c6)cc5c4c32)cc1. The zero-order chi connectivity index (χ0) is 29.9. The Morgan fingerprint density at radius 2 is 1.20 bits per heavy atom. The molecule has 0 N–H and O–H groups in total. The summed E-state index contributed by atoms with van der Waals surface area (Å²) in [5.74, 6) is 0. The fourth-order valence-corrected chi connectivity index (χ4v) is 10.2. The second-order valence-corrected chi connectivity index (χ2v) is 14.3. The van der Waals surface area contributed by atoms with Crippen LogP contribution in [-0.4, -0.2) is 14.0 Å². The normalized spacial score (nSPS) is 12.3. The first kappa shape index (κ1) is 24.8. The summed E-state index contributed by atoms with van der Waals surface area (Å²) in [6, 6.07) is 50.6. The summed E-state index contributed by atoms with van der Waals surface area (Å²) in [5, 5.41) is 7.65. The molecule has 3 nitrogen and oxygen atoms in total. The number of hydrogen-bond acceptors (Lipinski definition) is 3. The summed E-state index contributed by atoms with van der Waals surface area (Å²) in [7, 11) is 0. The van der Waals surface area contributed by atoms with Crippen molar-refractivity contribution in [2.24, 2.45) is 0 Å². The molecule has 11 rings (SSSR count). The fraction of sp³-hybridized carbons (Fsp3) is 0. The lowest BCUT2D eigenvalue weighted by Gasteiger charge is -2.09. The van der Waals surface area contributed by atoms with Crippen LogP contribution in [0.3, 0.4) is 0 Å². The highest BCUT2D eigenvalue weighted by molar-refractivity contribution is 7.45. The molecule has 0 radical (unpaired) electrons. The Labute approximate surface area is 270 Å². The molecule has 0 atom stereocenters. The highest BCUT2D eigenvalue weighted by atomic mass is 32.2. The Kier molecular flexibility index (Phi) is 4.87. The van der Waals surface area contributed by atoms with E-state index in [1.807, 2.05) is 22.7 Å². The summed E-state index contributed by atoms with van der Waals surface area (Å²) < 4.78 is 8.87. The van der Waals surface area contributed by atoms with E-state index >= 15 is 0 Å². The molecule has 0 saturated heterocycles. The number of hydrogen-bond donors (Lipinski definition) is 0. The molecule has 0 saturated carbocycles. The highest BCUT2D eigenvalue weighted by Gasteiger charge is 2.21. The minimum Gasteiger partial charge on any atom is -0.308 e. The van der Waals surface area contributed by atoms with Gasteiger partial charge in [0.25, 0.3) is 0 Å². The van der Waals surface area contributed by atoms with Gasteiger partial charge in [-0.25, -0.2) is 4.98 Å². The third-order valence-electron chi connectivity index (χ3n) is 9.52. The largest absolute Gasteiger partial charge is 0.308 e. The van der Waals surface area contributed by atoms with Crippen molar-refractivity contribution in [3.63, 3.8) is 0 Å². The van der Waals surface area contributed by atoms with Crippen molar-refractivity contribution in [3.05, 3.63) is 140 Å². The third-order valence-corrected chi connectivity index (χ3v) is 12.0. The number of thiophene rings is 2. The first-order valence-electron chi connectivity index (χ1n) is 15.5. The first-order chi connectivity index (χ1) is 22.8. The molecule has 46 heavy (non-hydrogen) atoms. The minimum atomic E-state index is 1.01. The van der Waals surface area contributed by atoms with Crippen molar-refractivity contribution >= 4 is 102 Å². The number of para-hydroxylation sites is 3. The molecule has 5 heteroatoms. The number of pyridine rings is 1. The van der Waals surface area contributed by atoms with Crippen LogP contribution in [0.15, 0.2) is 140 Å². The smallest absolute Gasteiger partial charge is 0.146 e. The monoisotopic (exact) mass is 621 g/mol. The quantitative estimate of drug-likeness (QED) is 0.176. The molecule has 6 aromatic carbocycles. The summed E-state index contributed by atoms with van der Waals surface area (Å²) in [5.41, 5.74) is 10.5. The van der Waals surface area contributed by atoms with Gasteiger partial charge >= 0.3 is 0 Å². The molecule has 0 unspecified atom stereocenters. The van der Waals surface area contributed by atoms with Gasteiger partial charge < -0.3 is 4.57 Å². The lowest BCUT2D eigenvalue weighted by Crippen LogP contribution is -1.92. The molecule has 0 aliphatic rings. The van der Waals surface area contributed by atoms with E-state index in [4.69, 9.17) is 4.98 Å². The maximum Gasteiger partial charge on any atom is 0.146 e. The van der Waals surface area contributed by atoms with E-state index in [1.165, 1.54) is 79.1 Å². The second kappa shape index (κ2) is 9.04. The van der Waals surface area contributed by atoms with E-state index in [-0.39, 0.29) is 0 Å². The van der Waals surface area contributed by atoms with Crippen LogP contribution in [0.2, 0.25) is 0 Å². The Morgan fingerprint density at radius 3 is 2.07 bits per heavy atom. The highest BCUT2D eigenvalue weighted by Crippen LogP contribution is 2.49. The van der Waals surface area contributed by atoms with Gasteiger partial charge in [-0.3, -0.25) is 4.40 Å². The van der Waals surface area contributed by atoms with E-state index in [0.717, 1.165) is 16.7 Å². The van der Waals surface area contributed by atoms with Gasteiger partial charge in [0.2, 0.25) is 0 Å². The van der Waals surface area contributed by atoms with E-state index in [0.29, 0.717) is 0 Å². The zero-order valence-electron chi connectivity index (χ0n) is 24.4. The van der Waals surface area contributed by atoms with Crippen LogP contribution in [0.25, 0.3) is 95.8 Å². The standard InChI is InChI=1S/C41H23N3S2/c1-2-10-26(11-3-1)43-34-17-9-7-15-30(34)39-38(43)37-31-22-24(19-21-36(31)45-41(37)46-39)25-18-20-32-35(23-25)44-33-16-8-6-13-28(33)27-12-4-5-14-29(27)40(44)42-32/h1-23H. The van der Waals surface area contributed by atoms with Gasteiger partial charge in [0.15, 0.2) is 0 Å². The van der Waals surface area contributed by atoms with Crippen LogP contribution in [-0.2, 0) is 0 Å². The molecular weight excluding hydrogens is 599 g/mol. The molecule has 0 spiro atoms. The van der Waals surface area contributed by atoms with Crippen LogP contribution >= 0.6 is 22.7 Å². The predicted octanol–water partition coefficient (Wildman–Crippen LogP) is 12.0. The Bertz CT molecular complexity index is 3030. The molecule has 0 amide bonds. The summed E-state index contributed by atoms with van der Waals surface area (Å²) >= 11 is 3.83. The topological polar surface area (TPSA) is 22.2 Å². The van der Waals surface area contributed by atoms with Gasteiger partial charge in [-0.15, -0.1) is 22.7 Å². The minimum absolute atomic E-state index is 1.01. The van der Waals surface area contributed by atoms with Crippen molar-refractivity contribution in [3.8, 4) is 16.8 Å². The lowest BCUT2D eigenvalue weighted by molar-refractivity contribution is 1.19. The number of nitrogens with zero attached hydrogens (tertiary/aromatic N) is 3. The molecule has 0 bridgehead atoms. The average Bonchev–Trinajstić information content (AvgIpc) is 3.85. The van der Waals surface area contributed by atoms with Crippen molar-refractivity contribution < 1.29 is 0 Å². The van der Waals surface area contributed by atoms with Crippen molar-refractivity contribution in [1.82, 2.24) is 14.0 Å². The van der Waals surface area contributed by atoms with Crippen LogP contribution in [0.1, 0.15) is 0 Å². The molecule has 0 aliphatic heterocycles.